The molecule has 0 saturated heterocycles. The maximum absolute atomic E-state index is 3.76. The van der Waals surface area contributed by atoms with Crippen LogP contribution in [0.4, 0.5) is 0 Å². The molecule has 1 radical (unpaired) electrons. The fourth-order valence-corrected chi connectivity index (χ4v) is 3.35. The third-order valence-corrected chi connectivity index (χ3v) is 4.45. The van der Waals surface area contributed by atoms with Crippen LogP contribution in [0.1, 0.15) is 12.8 Å². The van der Waals surface area contributed by atoms with Gasteiger partial charge in [0, 0.05) is 52.0 Å². The molecular formula is C22H33Cl2HfN2Si-2. The first-order valence-electron chi connectivity index (χ1n) is 8.48. The van der Waals surface area contributed by atoms with Crippen LogP contribution in [0, 0.1) is 12.2 Å². The zero-order chi connectivity index (χ0) is 18.6. The van der Waals surface area contributed by atoms with E-state index < -0.39 is 0 Å². The molecule has 0 aromatic carbocycles. The topological polar surface area (TPSA) is 6.48 Å². The molecule has 0 saturated carbocycles. The molecule has 6 heteroatoms. The van der Waals surface area contributed by atoms with E-state index in [0.29, 0.717) is 0 Å². The first kappa shape index (κ1) is 35.0. The van der Waals surface area contributed by atoms with Crippen molar-refractivity contribution in [2.75, 3.05) is 26.2 Å². The van der Waals surface area contributed by atoms with Gasteiger partial charge < -0.3 is 9.13 Å². The summed E-state index contributed by atoms with van der Waals surface area (Å²) in [5, 5.41) is 0. The van der Waals surface area contributed by atoms with Crippen LogP contribution in [-0.2, 0) is 25.8 Å². The molecule has 0 amide bonds. The first-order valence-corrected chi connectivity index (χ1v) is 9.51. The van der Waals surface area contributed by atoms with E-state index in [4.69, 9.17) is 0 Å². The van der Waals surface area contributed by atoms with Gasteiger partial charge in [-0.25, -0.2) is 24.3 Å². The van der Waals surface area contributed by atoms with Crippen LogP contribution < -0.4 is 0 Å². The second kappa shape index (κ2) is 28.7. The predicted molar refractivity (Wildman–Crippen MR) is 129 cm³/mol. The summed E-state index contributed by atoms with van der Waals surface area (Å²) in [5.41, 5.74) is 0. The summed E-state index contributed by atoms with van der Waals surface area (Å²) in [4.78, 5) is 0. The third kappa shape index (κ3) is 23.5. The van der Waals surface area contributed by atoms with Crippen molar-refractivity contribution in [3.05, 3.63) is 99.2 Å². The van der Waals surface area contributed by atoms with E-state index in [0.717, 1.165) is 39.0 Å². The van der Waals surface area contributed by atoms with Crippen molar-refractivity contribution in [1.29, 1.82) is 0 Å². The van der Waals surface area contributed by atoms with E-state index >= 15 is 0 Å². The molecule has 28 heavy (non-hydrogen) atoms. The van der Waals surface area contributed by atoms with Crippen LogP contribution >= 0.6 is 24.8 Å². The van der Waals surface area contributed by atoms with E-state index in [-0.39, 0.29) is 60.5 Å². The van der Waals surface area contributed by atoms with Gasteiger partial charge >= 0.3 is 0 Å². The van der Waals surface area contributed by atoms with Gasteiger partial charge in [-0.15, -0.1) is 64.0 Å². The normalized spacial score (nSPS) is 11.8. The third-order valence-electron chi connectivity index (χ3n) is 2.95. The van der Waals surface area contributed by atoms with Crippen LogP contribution in [-0.4, -0.2) is 45.2 Å². The Balaban J connectivity index is -0.000000181. The summed E-state index contributed by atoms with van der Waals surface area (Å²) in [6.07, 6.45) is 27.7. The van der Waals surface area contributed by atoms with Crippen LogP contribution in [0.15, 0.2) is 87.1 Å². The second-order valence-corrected chi connectivity index (χ2v) is 6.88. The Kier molecular flexibility index (Phi) is 35.9. The molecule has 2 rings (SSSR count). The summed E-state index contributed by atoms with van der Waals surface area (Å²) >= 11 is 0. The molecule has 2 aliphatic rings. The van der Waals surface area contributed by atoms with Gasteiger partial charge in [0.05, 0.1) is 0 Å². The van der Waals surface area contributed by atoms with Gasteiger partial charge in [-0.2, -0.15) is 12.2 Å². The van der Waals surface area contributed by atoms with E-state index in [1.165, 1.54) is 0 Å². The van der Waals surface area contributed by atoms with Gasteiger partial charge in [-0.05, 0) is 0 Å². The largest absolute Gasteiger partial charge is 0.307 e. The van der Waals surface area contributed by atoms with Crippen molar-refractivity contribution in [1.82, 2.24) is 9.13 Å². The minimum Gasteiger partial charge on any atom is -0.307 e. The van der Waals surface area contributed by atoms with Crippen molar-refractivity contribution < 1.29 is 25.8 Å². The maximum Gasteiger partial charge on any atom is 0.210 e. The summed E-state index contributed by atoms with van der Waals surface area (Å²) < 4.78 is 4.68. The molecule has 0 bridgehead atoms. The Morgan fingerprint density at radius 1 is 0.714 bits per heavy atom. The molecule has 0 aromatic rings. The maximum atomic E-state index is 3.76. The molecule has 0 aliphatic heterocycles. The molecule has 155 valence electrons. The van der Waals surface area contributed by atoms with Crippen molar-refractivity contribution in [2.45, 2.75) is 12.8 Å². The zero-order valence-electron chi connectivity index (χ0n) is 16.6. The van der Waals surface area contributed by atoms with Crippen LogP contribution in [0.25, 0.3) is 0 Å². The average molecular weight is 603 g/mol. The van der Waals surface area contributed by atoms with Crippen molar-refractivity contribution >= 4 is 34.7 Å². The zero-order valence-corrected chi connectivity index (χ0v) is 23.0. The van der Waals surface area contributed by atoms with Crippen molar-refractivity contribution in [2.24, 2.45) is 0 Å². The quantitative estimate of drug-likeness (QED) is 0.196. The molecule has 0 heterocycles. The summed E-state index contributed by atoms with van der Waals surface area (Å²) in [5.74, 6) is 0. The van der Waals surface area contributed by atoms with Gasteiger partial charge in [0.15, 0.2) is 0 Å². The van der Waals surface area contributed by atoms with E-state index in [1.807, 2.05) is 48.6 Å². The fraction of sp³-hybridized carbons (Fsp3) is 0.273. The molecule has 2 nitrogen and oxygen atoms in total. The van der Waals surface area contributed by atoms with Crippen LogP contribution in [0.2, 0.25) is 0 Å². The Bertz CT molecular complexity index is 419. The molecule has 0 atom stereocenters. The Morgan fingerprint density at radius 2 is 1.04 bits per heavy atom. The molecule has 0 unspecified atom stereocenters. The number of nitrogens with zero attached hydrogens (tertiary/aromatic N) is 2. The number of hydrogen-bond acceptors (Lipinski definition) is 2. The second-order valence-electron chi connectivity index (χ2n) is 5.18. The average Bonchev–Trinajstić information content (AvgIpc) is 3.34. The molecular weight excluding hydrogens is 570 g/mol. The fourth-order valence-electron chi connectivity index (χ4n) is 1.91. The Morgan fingerprint density at radius 3 is 1.18 bits per heavy atom. The summed E-state index contributed by atoms with van der Waals surface area (Å²) in [6.45, 7) is 18.7. The van der Waals surface area contributed by atoms with E-state index in [2.05, 4.69) is 59.8 Å². The number of halogens is 2. The number of allylic oxidation sites excluding steroid dienone is 8. The SMILES string of the molecule is C=CCN(CC=C)[SiH]N(CC=C)CC=C.Cl.Cl.[C-]1=CC=CC1.[C-]1=CC=CC1.[Hf]. The molecule has 2 aliphatic carbocycles. The first-order chi connectivity index (χ1) is 12.3. The Labute approximate surface area is 206 Å². The van der Waals surface area contributed by atoms with Gasteiger partial charge in [0.1, 0.15) is 0 Å². The minimum absolute atomic E-state index is 0. The molecule has 0 fully saturated rings. The molecule has 0 aromatic heterocycles. The van der Waals surface area contributed by atoms with E-state index in [1.54, 1.807) is 0 Å². The van der Waals surface area contributed by atoms with Crippen LogP contribution in [0.3, 0.4) is 0 Å². The number of hydrogen-bond donors (Lipinski definition) is 0. The van der Waals surface area contributed by atoms with Crippen LogP contribution in [0.5, 0.6) is 0 Å². The Hall–Kier alpha value is -0.493. The summed E-state index contributed by atoms with van der Waals surface area (Å²) in [6, 6.07) is 0. The van der Waals surface area contributed by atoms with Gasteiger partial charge in [-0.1, -0.05) is 24.3 Å². The smallest absolute Gasteiger partial charge is 0.210 e. The standard InChI is InChI=1S/C12H21N2Si.2C5H5.2ClH.Hf/c1-5-9-13(10-6-2)15-14(11-7-3)12-8-4;2*1-2-4-5-3-1;;;/h5-8,15H,1-4,9-12H2;2*1-3H,4H2;2*1H;/q;2*-1;;;. The summed E-state index contributed by atoms with van der Waals surface area (Å²) in [7, 11) is 0.100. The van der Waals surface area contributed by atoms with Gasteiger partial charge in [-0.3, -0.25) is 12.2 Å². The molecule has 0 N–H and O–H groups in total. The monoisotopic (exact) mass is 603 g/mol. The van der Waals surface area contributed by atoms with Crippen molar-refractivity contribution in [3.8, 4) is 0 Å². The number of rotatable bonds is 10. The minimum atomic E-state index is 0. The van der Waals surface area contributed by atoms with Gasteiger partial charge in [0.2, 0.25) is 9.84 Å². The van der Waals surface area contributed by atoms with Crippen molar-refractivity contribution in [3.63, 3.8) is 0 Å². The van der Waals surface area contributed by atoms with Gasteiger partial charge in [0.25, 0.3) is 0 Å². The van der Waals surface area contributed by atoms with E-state index in [9.17, 15) is 0 Å². The predicted octanol–water partition coefficient (Wildman–Crippen LogP) is 5.05. The molecule has 0 spiro atoms.